The third-order valence-electron chi connectivity index (χ3n) is 6.09. The molecule has 4 rings (SSSR count). The molecule has 0 spiro atoms. The number of urea groups is 1. The van der Waals surface area contributed by atoms with Crippen LogP contribution in [0.3, 0.4) is 0 Å². The summed E-state index contributed by atoms with van der Waals surface area (Å²) in [5.74, 6) is 0.372. The number of thiazole rings is 1. The van der Waals surface area contributed by atoms with E-state index in [9.17, 15) is 14.4 Å². The van der Waals surface area contributed by atoms with Crippen molar-refractivity contribution in [2.45, 2.75) is 39.0 Å². The van der Waals surface area contributed by atoms with Crippen molar-refractivity contribution in [3.8, 4) is 5.75 Å². The highest BCUT2D eigenvalue weighted by molar-refractivity contribution is 7.13. The number of nitrogens with one attached hydrogen (secondary N) is 2. The van der Waals surface area contributed by atoms with Gasteiger partial charge in [0.25, 0.3) is 0 Å². The maximum absolute atomic E-state index is 13.0. The second-order valence-electron chi connectivity index (χ2n) is 8.73. The van der Waals surface area contributed by atoms with E-state index in [0.717, 1.165) is 36.9 Å². The Labute approximate surface area is 214 Å². The second kappa shape index (κ2) is 11.8. The predicted molar refractivity (Wildman–Crippen MR) is 139 cm³/mol. The Kier molecular flexibility index (Phi) is 8.32. The minimum absolute atomic E-state index is 0.0323. The van der Waals surface area contributed by atoms with Gasteiger partial charge in [0, 0.05) is 23.3 Å². The Balaban J connectivity index is 1.29. The number of carbonyl (C=O) groups excluding carboxylic acids is 3. The molecule has 188 valence electrons. The first kappa shape index (κ1) is 25.4. The van der Waals surface area contributed by atoms with Crippen LogP contribution in [0.2, 0.25) is 0 Å². The molecule has 2 aromatic carbocycles. The number of aromatic nitrogens is 1. The van der Waals surface area contributed by atoms with Crippen LogP contribution >= 0.6 is 11.3 Å². The summed E-state index contributed by atoms with van der Waals surface area (Å²) < 4.78 is 10.4. The largest absolute Gasteiger partial charge is 0.493 e. The first-order valence-electron chi connectivity index (χ1n) is 11.9. The number of rotatable bonds is 9. The quantitative estimate of drug-likeness (QED) is 0.277. The van der Waals surface area contributed by atoms with E-state index in [4.69, 9.17) is 4.74 Å². The molecule has 2 amide bonds. The Morgan fingerprint density at radius 1 is 1.06 bits per heavy atom. The number of nitrogens with zero attached hydrogens (tertiary/aromatic N) is 1. The van der Waals surface area contributed by atoms with E-state index in [1.54, 1.807) is 30.3 Å². The maximum atomic E-state index is 13.0. The van der Waals surface area contributed by atoms with Gasteiger partial charge in [-0.25, -0.2) is 14.6 Å². The molecule has 1 saturated carbocycles. The molecule has 36 heavy (non-hydrogen) atoms. The lowest BCUT2D eigenvalue weighted by Gasteiger charge is -2.14. The van der Waals surface area contributed by atoms with Crippen molar-refractivity contribution in [1.29, 1.82) is 0 Å². The van der Waals surface area contributed by atoms with Crippen molar-refractivity contribution < 1.29 is 23.9 Å². The number of carbonyl (C=O) groups is 3. The fourth-order valence-electron chi connectivity index (χ4n) is 4.19. The van der Waals surface area contributed by atoms with Crippen molar-refractivity contribution in [3.63, 3.8) is 0 Å². The van der Waals surface area contributed by atoms with Gasteiger partial charge in [-0.05, 0) is 56.2 Å². The van der Waals surface area contributed by atoms with Crippen LogP contribution in [0.5, 0.6) is 5.75 Å². The van der Waals surface area contributed by atoms with E-state index in [0.29, 0.717) is 40.7 Å². The van der Waals surface area contributed by atoms with Crippen LogP contribution in [-0.4, -0.2) is 36.5 Å². The fourth-order valence-corrected chi connectivity index (χ4v) is 4.93. The van der Waals surface area contributed by atoms with E-state index >= 15 is 0 Å². The summed E-state index contributed by atoms with van der Waals surface area (Å²) in [7, 11) is 1.34. The zero-order valence-electron chi connectivity index (χ0n) is 20.3. The lowest BCUT2D eigenvalue weighted by Crippen LogP contribution is -2.22. The number of hydrogen-bond acceptors (Lipinski definition) is 7. The lowest BCUT2D eigenvalue weighted by molar-refractivity contribution is 0.0600. The normalized spacial score (nSPS) is 13.3. The van der Waals surface area contributed by atoms with E-state index in [1.165, 1.54) is 18.4 Å². The molecule has 1 fully saturated rings. The molecule has 0 aliphatic heterocycles. The number of esters is 1. The van der Waals surface area contributed by atoms with E-state index in [1.807, 2.05) is 24.4 Å². The van der Waals surface area contributed by atoms with Gasteiger partial charge in [-0.1, -0.05) is 24.5 Å². The van der Waals surface area contributed by atoms with Crippen LogP contribution in [-0.2, 0) is 11.2 Å². The highest BCUT2D eigenvalue weighted by atomic mass is 32.1. The van der Waals surface area contributed by atoms with Gasteiger partial charge in [0.2, 0.25) is 0 Å². The molecule has 2 N–H and O–H groups in total. The molecule has 1 aliphatic carbocycles. The fraction of sp³-hybridized carbons (Fsp3) is 0.333. The number of anilines is 2. The maximum Gasteiger partial charge on any atom is 0.337 e. The molecule has 9 heteroatoms. The Bertz CT molecular complexity index is 1230. The molecule has 0 unspecified atom stereocenters. The molecule has 3 aromatic rings. The van der Waals surface area contributed by atoms with Gasteiger partial charge in [-0.15, -0.1) is 11.3 Å². The van der Waals surface area contributed by atoms with E-state index in [2.05, 4.69) is 20.4 Å². The van der Waals surface area contributed by atoms with Gasteiger partial charge in [-0.2, -0.15) is 0 Å². The average Bonchev–Trinajstić information content (AvgIpc) is 3.57. The summed E-state index contributed by atoms with van der Waals surface area (Å²) in [4.78, 5) is 41.6. The molecule has 1 aliphatic rings. The minimum atomic E-state index is -0.442. The number of benzene rings is 2. The molecule has 0 radical (unpaired) electrons. The van der Waals surface area contributed by atoms with Crippen molar-refractivity contribution in [1.82, 2.24) is 4.98 Å². The van der Waals surface area contributed by atoms with Gasteiger partial charge in [0.1, 0.15) is 5.75 Å². The minimum Gasteiger partial charge on any atom is -0.493 e. The highest BCUT2D eigenvalue weighted by Gasteiger charge is 2.26. The molecular formula is C27H29N3O5S. The first-order valence-corrected chi connectivity index (χ1v) is 12.8. The number of amides is 2. The van der Waals surface area contributed by atoms with Crippen molar-refractivity contribution in [2.24, 2.45) is 5.92 Å². The van der Waals surface area contributed by atoms with Crippen molar-refractivity contribution >= 4 is 39.9 Å². The van der Waals surface area contributed by atoms with Crippen LogP contribution in [0, 0.1) is 12.8 Å². The van der Waals surface area contributed by atoms with Crippen LogP contribution in [0.1, 0.15) is 57.7 Å². The molecule has 1 heterocycles. The first-order chi connectivity index (χ1) is 17.4. The van der Waals surface area contributed by atoms with Crippen LogP contribution in [0.4, 0.5) is 15.6 Å². The lowest BCUT2D eigenvalue weighted by atomic mass is 9.94. The highest BCUT2D eigenvalue weighted by Crippen LogP contribution is 2.31. The third kappa shape index (κ3) is 6.48. The Hall–Kier alpha value is -3.72. The Morgan fingerprint density at radius 2 is 1.81 bits per heavy atom. The monoisotopic (exact) mass is 507 g/mol. The predicted octanol–water partition coefficient (Wildman–Crippen LogP) is 5.88. The van der Waals surface area contributed by atoms with Gasteiger partial charge in [0.05, 0.1) is 30.7 Å². The summed E-state index contributed by atoms with van der Waals surface area (Å²) >= 11 is 1.32. The van der Waals surface area contributed by atoms with Crippen LogP contribution < -0.4 is 15.4 Å². The summed E-state index contributed by atoms with van der Waals surface area (Å²) in [6, 6.07) is 11.8. The van der Waals surface area contributed by atoms with Crippen molar-refractivity contribution in [2.75, 3.05) is 24.4 Å². The van der Waals surface area contributed by atoms with E-state index in [-0.39, 0.29) is 11.7 Å². The molecule has 1 aromatic heterocycles. The summed E-state index contributed by atoms with van der Waals surface area (Å²) in [5.41, 5.74) is 3.30. The standard InChI is InChI=1S/C27H29N3O5S/c1-17-7-12-23(22(15-17)24(31)18-5-3-4-6-18)29-26(33)30-27-28-20(16-36-27)13-14-35-21-10-8-19(9-11-21)25(32)34-2/h7-12,15-16,18H,3-6,13-14H2,1-2H3,(H2,28,29,30,33). The van der Waals surface area contributed by atoms with Crippen molar-refractivity contribution in [3.05, 3.63) is 70.2 Å². The number of methoxy groups -OCH3 is 1. The number of hydrogen-bond donors (Lipinski definition) is 2. The number of ketones is 1. The number of aryl methyl sites for hydroxylation is 1. The zero-order valence-corrected chi connectivity index (χ0v) is 21.2. The van der Waals surface area contributed by atoms with Gasteiger partial charge >= 0.3 is 12.0 Å². The zero-order chi connectivity index (χ0) is 25.5. The van der Waals surface area contributed by atoms with E-state index < -0.39 is 12.0 Å². The topological polar surface area (TPSA) is 107 Å². The Morgan fingerprint density at radius 3 is 2.53 bits per heavy atom. The summed E-state index contributed by atoms with van der Waals surface area (Å²) in [5, 5.41) is 7.89. The molecular weight excluding hydrogens is 478 g/mol. The average molecular weight is 508 g/mol. The number of Topliss-reactive ketones (excluding diaryl/α,β-unsaturated/α-hetero) is 1. The van der Waals surface area contributed by atoms with Crippen LogP contribution in [0.15, 0.2) is 47.8 Å². The molecule has 0 atom stereocenters. The third-order valence-corrected chi connectivity index (χ3v) is 6.90. The second-order valence-corrected chi connectivity index (χ2v) is 9.59. The molecule has 0 bridgehead atoms. The SMILES string of the molecule is COC(=O)c1ccc(OCCc2csc(NC(=O)Nc3ccc(C)cc3C(=O)C3CCCC3)n2)cc1. The van der Waals surface area contributed by atoms with Gasteiger partial charge in [-0.3, -0.25) is 10.1 Å². The van der Waals surface area contributed by atoms with Gasteiger partial charge < -0.3 is 14.8 Å². The molecule has 0 saturated heterocycles. The summed E-state index contributed by atoms with van der Waals surface area (Å²) in [6.07, 6.45) is 4.51. The van der Waals surface area contributed by atoms with Crippen LogP contribution in [0.25, 0.3) is 0 Å². The smallest absolute Gasteiger partial charge is 0.337 e. The summed E-state index contributed by atoms with van der Waals surface area (Å²) in [6.45, 7) is 2.33. The number of ether oxygens (including phenoxy) is 2. The van der Waals surface area contributed by atoms with Gasteiger partial charge in [0.15, 0.2) is 10.9 Å². The molecule has 8 nitrogen and oxygen atoms in total.